The lowest BCUT2D eigenvalue weighted by Gasteiger charge is -2.28. The smallest absolute Gasteiger partial charge is 0.253 e. The zero-order valence-corrected chi connectivity index (χ0v) is 17.9. The second-order valence-electron chi connectivity index (χ2n) is 6.86. The molecule has 0 saturated carbocycles. The molecule has 0 aromatic heterocycles. The van der Waals surface area contributed by atoms with Gasteiger partial charge in [0.1, 0.15) is 6.04 Å². The van der Waals surface area contributed by atoms with Crippen molar-refractivity contribution in [3.63, 3.8) is 0 Å². The Bertz CT molecular complexity index is 989. The highest BCUT2D eigenvalue weighted by Crippen LogP contribution is 2.23. The third-order valence-electron chi connectivity index (χ3n) is 4.31. The van der Waals surface area contributed by atoms with Crippen LogP contribution < -0.4 is 14.9 Å². The molecular weight excluding hydrogens is 390 g/mol. The molecule has 7 nitrogen and oxygen atoms in total. The van der Waals surface area contributed by atoms with Gasteiger partial charge in [0.15, 0.2) is 0 Å². The van der Waals surface area contributed by atoms with Gasteiger partial charge in [-0.15, -0.1) is 0 Å². The van der Waals surface area contributed by atoms with Gasteiger partial charge in [0.25, 0.3) is 5.91 Å². The Morgan fingerprint density at radius 3 is 2.41 bits per heavy atom. The number of amides is 2. The first-order chi connectivity index (χ1) is 13.6. The second-order valence-corrected chi connectivity index (χ2v) is 8.72. The molecule has 156 valence electrons. The number of rotatable bonds is 8. The quantitative estimate of drug-likeness (QED) is 0.690. The highest BCUT2D eigenvalue weighted by atomic mass is 32.2. The lowest BCUT2D eigenvalue weighted by Crippen LogP contribution is -2.45. The van der Waals surface area contributed by atoms with Crippen LogP contribution in [0.25, 0.3) is 0 Å². The van der Waals surface area contributed by atoms with E-state index in [2.05, 4.69) is 10.6 Å². The van der Waals surface area contributed by atoms with Crippen molar-refractivity contribution in [1.29, 1.82) is 0 Å². The summed E-state index contributed by atoms with van der Waals surface area (Å²) in [7, 11) is -3.72. The highest BCUT2D eigenvalue weighted by Gasteiger charge is 2.29. The van der Waals surface area contributed by atoms with Crippen LogP contribution in [0.2, 0.25) is 0 Å². The number of aryl methyl sites for hydroxylation is 1. The standard InChI is InChI=1S/C21H27N3O4S/c1-5-13-22-21(26)18-11-6-7-12-19(18)23-20(25)16(3)24(29(4,27)28)17-10-8-9-15(2)14-17/h6-12,14,16H,5,13H2,1-4H3,(H,22,26)(H,23,25). The SMILES string of the molecule is CCCNC(=O)c1ccccc1NC(=O)C(C)N(c1cccc(C)c1)S(C)(=O)=O. The molecule has 0 aliphatic rings. The summed E-state index contributed by atoms with van der Waals surface area (Å²) in [6, 6.07) is 12.5. The van der Waals surface area contributed by atoms with E-state index in [1.807, 2.05) is 19.9 Å². The number of para-hydroxylation sites is 1. The lowest BCUT2D eigenvalue weighted by atomic mass is 10.1. The largest absolute Gasteiger partial charge is 0.352 e. The van der Waals surface area contributed by atoms with Gasteiger partial charge < -0.3 is 10.6 Å². The summed E-state index contributed by atoms with van der Waals surface area (Å²) in [5.74, 6) is -0.832. The predicted octanol–water partition coefficient (Wildman–Crippen LogP) is 2.93. The molecule has 0 aliphatic carbocycles. The first-order valence-corrected chi connectivity index (χ1v) is 11.2. The highest BCUT2D eigenvalue weighted by molar-refractivity contribution is 7.92. The number of carbonyl (C=O) groups excluding carboxylic acids is 2. The third kappa shape index (κ3) is 5.80. The molecule has 0 heterocycles. The van der Waals surface area contributed by atoms with Crippen molar-refractivity contribution in [2.75, 3.05) is 22.4 Å². The molecule has 1 unspecified atom stereocenters. The number of carbonyl (C=O) groups is 2. The van der Waals surface area contributed by atoms with E-state index in [4.69, 9.17) is 0 Å². The van der Waals surface area contributed by atoms with Crippen LogP contribution in [0.4, 0.5) is 11.4 Å². The van der Waals surface area contributed by atoms with Gasteiger partial charge in [0.2, 0.25) is 15.9 Å². The van der Waals surface area contributed by atoms with E-state index < -0.39 is 22.0 Å². The molecule has 0 fully saturated rings. The molecule has 2 N–H and O–H groups in total. The van der Waals surface area contributed by atoms with E-state index in [9.17, 15) is 18.0 Å². The Kier molecular flexibility index (Phi) is 7.39. The number of benzene rings is 2. The minimum atomic E-state index is -3.72. The van der Waals surface area contributed by atoms with Gasteiger partial charge >= 0.3 is 0 Å². The fourth-order valence-electron chi connectivity index (χ4n) is 2.93. The van der Waals surface area contributed by atoms with Crippen LogP contribution in [0.1, 0.15) is 36.2 Å². The minimum absolute atomic E-state index is 0.297. The molecular formula is C21H27N3O4S. The Balaban J connectivity index is 2.31. The number of hydrogen-bond acceptors (Lipinski definition) is 4. The van der Waals surface area contributed by atoms with E-state index in [1.54, 1.807) is 42.5 Å². The summed E-state index contributed by atoms with van der Waals surface area (Å²) in [6.07, 6.45) is 1.85. The normalized spacial score (nSPS) is 12.1. The topological polar surface area (TPSA) is 95.6 Å². The van der Waals surface area contributed by atoms with E-state index >= 15 is 0 Å². The van der Waals surface area contributed by atoms with Crippen LogP contribution >= 0.6 is 0 Å². The van der Waals surface area contributed by atoms with Crippen molar-refractivity contribution in [1.82, 2.24) is 5.32 Å². The molecule has 0 bridgehead atoms. The van der Waals surface area contributed by atoms with E-state index in [-0.39, 0.29) is 5.91 Å². The first-order valence-electron chi connectivity index (χ1n) is 9.39. The van der Waals surface area contributed by atoms with E-state index in [0.717, 1.165) is 22.5 Å². The first kappa shape index (κ1) is 22.4. The molecule has 0 radical (unpaired) electrons. The molecule has 2 amide bonds. The summed E-state index contributed by atoms with van der Waals surface area (Å²) in [5.41, 5.74) is 1.93. The third-order valence-corrected chi connectivity index (χ3v) is 5.55. The number of anilines is 2. The predicted molar refractivity (Wildman–Crippen MR) is 116 cm³/mol. The Morgan fingerprint density at radius 1 is 1.10 bits per heavy atom. The van der Waals surface area contributed by atoms with Crippen LogP contribution in [-0.2, 0) is 14.8 Å². The summed E-state index contributed by atoms with van der Waals surface area (Å²) < 4.78 is 25.9. The molecule has 8 heteroatoms. The summed E-state index contributed by atoms with van der Waals surface area (Å²) in [5, 5.41) is 5.47. The maximum atomic E-state index is 12.9. The Hall–Kier alpha value is -2.87. The second kappa shape index (κ2) is 9.56. The van der Waals surface area contributed by atoms with Crippen LogP contribution in [-0.4, -0.2) is 39.1 Å². The number of nitrogens with zero attached hydrogens (tertiary/aromatic N) is 1. The van der Waals surface area contributed by atoms with Crippen molar-refractivity contribution < 1.29 is 18.0 Å². The molecule has 0 spiro atoms. The lowest BCUT2D eigenvalue weighted by molar-refractivity contribution is -0.116. The Morgan fingerprint density at radius 2 is 1.79 bits per heavy atom. The molecule has 0 aliphatic heterocycles. The van der Waals surface area contributed by atoms with Gasteiger partial charge in [0, 0.05) is 6.54 Å². The van der Waals surface area contributed by atoms with Crippen molar-refractivity contribution in [3.05, 3.63) is 59.7 Å². The van der Waals surface area contributed by atoms with Crippen molar-refractivity contribution in [2.24, 2.45) is 0 Å². The zero-order chi connectivity index (χ0) is 21.6. The molecule has 1 atom stereocenters. The fraction of sp³-hybridized carbons (Fsp3) is 0.333. The number of nitrogens with one attached hydrogen (secondary N) is 2. The maximum Gasteiger partial charge on any atom is 0.253 e. The van der Waals surface area contributed by atoms with E-state index in [1.165, 1.54) is 6.92 Å². The fourth-order valence-corrected chi connectivity index (χ4v) is 4.10. The van der Waals surface area contributed by atoms with Gasteiger partial charge in [0.05, 0.1) is 23.2 Å². The van der Waals surface area contributed by atoms with Gasteiger partial charge in [-0.3, -0.25) is 13.9 Å². The molecule has 0 saturated heterocycles. The van der Waals surface area contributed by atoms with Gasteiger partial charge in [-0.2, -0.15) is 0 Å². The van der Waals surface area contributed by atoms with Gasteiger partial charge in [-0.05, 0) is 50.1 Å². The molecule has 2 rings (SSSR count). The summed E-state index contributed by atoms with van der Waals surface area (Å²) >= 11 is 0. The monoisotopic (exact) mass is 417 g/mol. The molecule has 2 aromatic rings. The molecule has 29 heavy (non-hydrogen) atoms. The zero-order valence-electron chi connectivity index (χ0n) is 17.1. The van der Waals surface area contributed by atoms with Crippen molar-refractivity contribution in [2.45, 2.75) is 33.2 Å². The average Bonchev–Trinajstić information content (AvgIpc) is 2.65. The van der Waals surface area contributed by atoms with Crippen molar-refractivity contribution in [3.8, 4) is 0 Å². The Labute approximate surface area is 172 Å². The van der Waals surface area contributed by atoms with Crippen molar-refractivity contribution >= 4 is 33.2 Å². The summed E-state index contributed by atoms with van der Waals surface area (Å²) in [4.78, 5) is 25.3. The van der Waals surface area contributed by atoms with Crippen LogP contribution in [0.3, 0.4) is 0 Å². The van der Waals surface area contributed by atoms with Crippen LogP contribution in [0.15, 0.2) is 48.5 Å². The molecule has 2 aromatic carbocycles. The van der Waals surface area contributed by atoms with Gasteiger partial charge in [-0.25, -0.2) is 8.42 Å². The van der Waals surface area contributed by atoms with Gasteiger partial charge in [-0.1, -0.05) is 31.2 Å². The number of sulfonamides is 1. The maximum absolute atomic E-state index is 12.9. The van der Waals surface area contributed by atoms with E-state index in [0.29, 0.717) is 23.5 Å². The number of hydrogen-bond donors (Lipinski definition) is 2. The van der Waals surface area contributed by atoms with Crippen LogP contribution in [0.5, 0.6) is 0 Å². The summed E-state index contributed by atoms with van der Waals surface area (Å²) in [6.45, 7) is 5.83. The van der Waals surface area contributed by atoms with Crippen LogP contribution in [0, 0.1) is 6.92 Å². The minimum Gasteiger partial charge on any atom is -0.352 e. The average molecular weight is 418 g/mol.